The Morgan fingerprint density at radius 2 is 1.36 bits per heavy atom. The van der Waals surface area contributed by atoms with Gasteiger partial charge in [-0.25, -0.2) is 0 Å². The summed E-state index contributed by atoms with van der Waals surface area (Å²) < 4.78 is 0. The van der Waals surface area contributed by atoms with Gasteiger partial charge in [-0.2, -0.15) is 0 Å². The maximum absolute atomic E-state index is 12.6. The van der Waals surface area contributed by atoms with Crippen LogP contribution in [0.3, 0.4) is 0 Å². The standard InChI is InChI=1S/C16H24N2O4/c19-14(11-3-4-11)18-7-1-2-13(10-18)15(20)17-8-5-12(6-9-17)16(21)22/h11-13H,1-10H2,(H,21,22). The highest BCUT2D eigenvalue weighted by Gasteiger charge is 2.38. The van der Waals surface area contributed by atoms with Gasteiger partial charge in [0, 0.05) is 32.1 Å². The van der Waals surface area contributed by atoms with Gasteiger partial charge in [-0.05, 0) is 38.5 Å². The molecule has 1 unspecified atom stereocenters. The van der Waals surface area contributed by atoms with Crippen LogP contribution in [0.15, 0.2) is 0 Å². The second kappa shape index (κ2) is 6.26. The van der Waals surface area contributed by atoms with E-state index >= 15 is 0 Å². The van der Waals surface area contributed by atoms with Crippen molar-refractivity contribution in [1.29, 1.82) is 0 Å². The first kappa shape index (κ1) is 15.3. The number of aliphatic carboxylic acids is 1. The van der Waals surface area contributed by atoms with Gasteiger partial charge in [0.1, 0.15) is 0 Å². The molecule has 0 aromatic carbocycles. The Hall–Kier alpha value is -1.59. The first-order valence-corrected chi connectivity index (χ1v) is 8.36. The zero-order valence-electron chi connectivity index (χ0n) is 12.9. The van der Waals surface area contributed by atoms with Crippen LogP contribution in [0.25, 0.3) is 0 Å². The minimum absolute atomic E-state index is 0.0992. The number of likely N-dealkylation sites (tertiary alicyclic amines) is 2. The number of amides is 2. The molecule has 1 N–H and O–H groups in total. The van der Waals surface area contributed by atoms with Crippen LogP contribution in [-0.2, 0) is 14.4 Å². The predicted octanol–water partition coefficient (Wildman–Crippen LogP) is 0.958. The molecule has 1 aliphatic carbocycles. The molecular formula is C16H24N2O4. The molecule has 2 heterocycles. The summed E-state index contributed by atoms with van der Waals surface area (Å²) >= 11 is 0. The molecule has 0 spiro atoms. The third kappa shape index (κ3) is 3.25. The predicted molar refractivity (Wildman–Crippen MR) is 79.0 cm³/mol. The topological polar surface area (TPSA) is 77.9 Å². The fourth-order valence-electron chi connectivity index (χ4n) is 3.57. The number of hydrogen-bond donors (Lipinski definition) is 1. The molecule has 0 aromatic rings. The number of rotatable bonds is 3. The summed E-state index contributed by atoms with van der Waals surface area (Å²) in [5.74, 6) is -0.633. The van der Waals surface area contributed by atoms with Crippen molar-refractivity contribution in [1.82, 2.24) is 9.80 Å². The van der Waals surface area contributed by atoms with Gasteiger partial charge in [0.2, 0.25) is 11.8 Å². The highest BCUT2D eigenvalue weighted by molar-refractivity contribution is 5.83. The molecular weight excluding hydrogens is 284 g/mol. The van der Waals surface area contributed by atoms with Crippen molar-refractivity contribution >= 4 is 17.8 Å². The van der Waals surface area contributed by atoms with E-state index in [0.717, 1.165) is 32.2 Å². The summed E-state index contributed by atoms with van der Waals surface area (Å²) in [6, 6.07) is 0. The Labute approximate surface area is 130 Å². The van der Waals surface area contributed by atoms with Crippen molar-refractivity contribution in [3.63, 3.8) is 0 Å². The number of carboxylic acid groups (broad SMARTS) is 1. The lowest BCUT2D eigenvalue weighted by atomic mass is 9.92. The van der Waals surface area contributed by atoms with E-state index in [9.17, 15) is 14.4 Å². The highest BCUT2D eigenvalue weighted by atomic mass is 16.4. The van der Waals surface area contributed by atoms with Gasteiger partial charge in [0.25, 0.3) is 0 Å². The van der Waals surface area contributed by atoms with E-state index in [1.165, 1.54) is 0 Å². The van der Waals surface area contributed by atoms with Crippen molar-refractivity contribution in [3.05, 3.63) is 0 Å². The van der Waals surface area contributed by atoms with Gasteiger partial charge < -0.3 is 14.9 Å². The summed E-state index contributed by atoms with van der Waals surface area (Å²) in [6.45, 7) is 2.39. The second-order valence-corrected chi connectivity index (χ2v) is 6.84. The lowest BCUT2D eigenvalue weighted by Crippen LogP contribution is -2.49. The number of carbonyl (C=O) groups excluding carboxylic acids is 2. The van der Waals surface area contributed by atoms with Crippen LogP contribution < -0.4 is 0 Å². The largest absolute Gasteiger partial charge is 0.481 e. The minimum Gasteiger partial charge on any atom is -0.481 e. The van der Waals surface area contributed by atoms with Crippen molar-refractivity contribution in [2.24, 2.45) is 17.8 Å². The average Bonchev–Trinajstić information content (AvgIpc) is 3.38. The van der Waals surface area contributed by atoms with Crippen LogP contribution in [0.2, 0.25) is 0 Å². The molecule has 2 aliphatic heterocycles. The summed E-state index contributed by atoms with van der Waals surface area (Å²) in [6.07, 6.45) is 4.80. The summed E-state index contributed by atoms with van der Waals surface area (Å²) in [5, 5.41) is 9.02. The van der Waals surface area contributed by atoms with E-state index in [4.69, 9.17) is 5.11 Å². The molecule has 2 saturated heterocycles. The van der Waals surface area contributed by atoms with E-state index in [0.29, 0.717) is 32.5 Å². The molecule has 1 atom stereocenters. The average molecular weight is 308 g/mol. The second-order valence-electron chi connectivity index (χ2n) is 6.84. The molecule has 3 rings (SSSR count). The zero-order valence-corrected chi connectivity index (χ0v) is 12.9. The molecule has 0 radical (unpaired) electrons. The number of carbonyl (C=O) groups is 3. The maximum Gasteiger partial charge on any atom is 0.306 e. The van der Waals surface area contributed by atoms with E-state index in [1.54, 1.807) is 4.90 Å². The van der Waals surface area contributed by atoms with Gasteiger partial charge in [0.05, 0.1) is 11.8 Å². The molecule has 122 valence electrons. The van der Waals surface area contributed by atoms with Crippen LogP contribution in [0, 0.1) is 17.8 Å². The number of piperidine rings is 2. The molecule has 6 heteroatoms. The van der Waals surface area contributed by atoms with E-state index in [-0.39, 0.29) is 29.6 Å². The van der Waals surface area contributed by atoms with Gasteiger partial charge in [-0.1, -0.05) is 0 Å². The molecule has 6 nitrogen and oxygen atoms in total. The summed E-state index contributed by atoms with van der Waals surface area (Å²) in [5.41, 5.74) is 0. The van der Waals surface area contributed by atoms with Gasteiger partial charge >= 0.3 is 5.97 Å². The Morgan fingerprint density at radius 1 is 0.727 bits per heavy atom. The third-order valence-electron chi connectivity index (χ3n) is 5.16. The molecule has 1 saturated carbocycles. The van der Waals surface area contributed by atoms with Crippen LogP contribution in [0.5, 0.6) is 0 Å². The first-order chi connectivity index (χ1) is 10.6. The van der Waals surface area contributed by atoms with E-state index in [2.05, 4.69) is 0 Å². The summed E-state index contributed by atoms with van der Waals surface area (Å²) in [7, 11) is 0. The third-order valence-corrected chi connectivity index (χ3v) is 5.16. The summed E-state index contributed by atoms with van der Waals surface area (Å²) in [4.78, 5) is 39.4. The zero-order chi connectivity index (χ0) is 15.7. The fourth-order valence-corrected chi connectivity index (χ4v) is 3.57. The Morgan fingerprint density at radius 3 is 1.95 bits per heavy atom. The van der Waals surface area contributed by atoms with Crippen molar-refractivity contribution in [3.8, 4) is 0 Å². The quantitative estimate of drug-likeness (QED) is 0.842. The lowest BCUT2D eigenvalue weighted by molar-refractivity contribution is -0.148. The number of carboxylic acids is 1. The molecule has 0 aromatic heterocycles. The van der Waals surface area contributed by atoms with Crippen LogP contribution in [0.4, 0.5) is 0 Å². The fraction of sp³-hybridized carbons (Fsp3) is 0.812. The van der Waals surface area contributed by atoms with Crippen LogP contribution in [-0.4, -0.2) is 58.9 Å². The molecule has 0 bridgehead atoms. The Bertz CT molecular complexity index is 467. The first-order valence-electron chi connectivity index (χ1n) is 8.36. The monoisotopic (exact) mass is 308 g/mol. The van der Waals surface area contributed by atoms with Crippen LogP contribution >= 0.6 is 0 Å². The molecule has 22 heavy (non-hydrogen) atoms. The SMILES string of the molecule is O=C(O)C1CCN(C(=O)C2CCCN(C(=O)C3CC3)C2)CC1. The van der Waals surface area contributed by atoms with Gasteiger partial charge in [-0.3, -0.25) is 14.4 Å². The van der Waals surface area contributed by atoms with Crippen molar-refractivity contribution < 1.29 is 19.5 Å². The smallest absolute Gasteiger partial charge is 0.306 e. The molecule has 3 aliphatic rings. The van der Waals surface area contributed by atoms with E-state index < -0.39 is 5.97 Å². The number of hydrogen-bond acceptors (Lipinski definition) is 3. The highest BCUT2D eigenvalue weighted by Crippen LogP contribution is 2.33. The van der Waals surface area contributed by atoms with Crippen LogP contribution in [0.1, 0.15) is 38.5 Å². The van der Waals surface area contributed by atoms with E-state index in [1.807, 2.05) is 4.90 Å². The number of nitrogens with zero attached hydrogens (tertiary/aromatic N) is 2. The minimum atomic E-state index is -0.758. The Kier molecular flexibility index (Phi) is 4.36. The normalized spacial score (nSPS) is 26.8. The molecule has 2 amide bonds. The van der Waals surface area contributed by atoms with Crippen molar-refractivity contribution in [2.45, 2.75) is 38.5 Å². The molecule has 3 fully saturated rings. The lowest BCUT2D eigenvalue weighted by Gasteiger charge is -2.37. The van der Waals surface area contributed by atoms with Gasteiger partial charge in [-0.15, -0.1) is 0 Å². The maximum atomic E-state index is 12.6. The Balaban J connectivity index is 1.53. The van der Waals surface area contributed by atoms with Gasteiger partial charge in [0.15, 0.2) is 0 Å². The van der Waals surface area contributed by atoms with Crippen molar-refractivity contribution in [2.75, 3.05) is 26.2 Å².